The highest BCUT2D eigenvalue weighted by Crippen LogP contribution is 2.37. The third-order valence-corrected chi connectivity index (χ3v) is 2.44. The van der Waals surface area contributed by atoms with Crippen LogP contribution >= 0.6 is 22.6 Å². The molecule has 0 aliphatic heterocycles. The minimum absolute atomic E-state index is 0.659. The van der Waals surface area contributed by atoms with Crippen molar-refractivity contribution >= 4 is 28.6 Å². The summed E-state index contributed by atoms with van der Waals surface area (Å²) < 4.78 is 23.6. The van der Waals surface area contributed by atoms with Gasteiger partial charge in [0.15, 0.2) is 3.68 Å². The molecule has 12 heavy (non-hydrogen) atoms. The molecule has 0 saturated carbocycles. The van der Waals surface area contributed by atoms with Crippen molar-refractivity contribution in [1.82, 2.24) is 0 Å². The number of allylic oxidation sites excluding steroid dienone is 3. The number of carbonyl (C=O) groups is 1. The average Bonchev–Trinajstić information content (AvgIpc) is 1.82. The highest BCUT2D eigenvalue weighted by molar-refractivity contribution is 14.1. The highest BCUT2D eigenvalue weighted by atomic mass is 127. The number of alkyl halides is 2. The smallest absolute Gasteiger partial charge is 0.314 e. The van der Waals surface area contributed by atoms with Gasteiger partial charge in [0.25, 0.3) is 0 Å². The maximum atomic E-state index is 13.3. The van der Waals surface area contributed by atoms with Gasteiger partial charge < -0.3 is 5.11 Å². The lowest BCUT2D eigenvalue weighted by molar-refractivity contribution is -0.141. The van der Waals surface area contributed by atoms with E-state index in [9.17, 15) is 13.6 Å². The summed E-state index contributed by atoms with van der Waals surface area (Å²) in [5.41, 5.74) is 0. The van der Waals surface area contributed by atoms with Crippen LogP contribution in [-0.4, -0.2) is 14.8 Å². The second-order valence-electron chi connectivity index (χ2n) is 2.38. The Kier molecular flexibility index (Phi) is 2.50. The van der Waals surface area contributed by atoms with Crippen molar-refractivity contribution in [3.05, 3.63) is 24.1 Å². The largest absolute Gasteiger partial charge is 0.481 e. The molecule has 5 heteroatoms. The molecule has 0 saturated heterocycles. The van der Waals surface area contributed by atoms with E-state index < -0.39 is 21.4 Å². The average molecular weight is 286 g/mol. The lowest BCUT2D eigenvalue weighted by Crippen LogP contribution is -2.31. The first-order chi connectivity index (χ1) is 5.43. The lowest BCUT2D eigenvalue weighted by atomic mass is 9.99. The van der Waals surface area contributed by atoms with Crippen LogP contribution in [0, 0.1) is 5.92 Å². The van der Waals surface area contributed by atoms with Crippen molar-refractivity contribution in [2.75, 3.05) is 0 Å². The second kappa shape index (κ2) is 3.12. The van der Waals surface area contributed by atoms with E-state index in [1.807, 2.05) is 0 Å². The summed E-state index contributed by atoms with van der Waals surface area (Å²) in [5, 5.41) is 8.51. The molecule has 1 N–H and O–H groups in total. The van der Waals surface area contributed by atoms with Crippen molar-refractivity contribution in [3.63, 3.8) is 0 Å². The minimum Gasteiger partial charge on any atom is -0.481 e. The summed E-state index contributed by atoms with van der Waals surface area (Å²) in [6.07, 6.45) is 2.62. The predicted octanol–water partition coefficient (Wildman–Crippen LogP) is 2.21. The van der Waals surface area contributed by atoms with E-state index >= 15 is 0 Å². The van der Waals surface area contributed by atoms with E-state index in [4.69, 9.17) is 5.11 Å². The maximum Gasteiger partial charge on any atom is 0.314 e. The number of hydrogen-bond acceptors (Lipinski definition) is 1. The van der Waals surface area contributed by atoms with Gasteiger partial charge in [0.1, 0.15) is 11.7 Å². The molecule has 0 aromatic carbocycles. The van der Waals surface area contributed by atoms with Crippen LogP contribution in [0.4, 0.5) is 8.78 Å². The van der Waals surface area contributed by atoms with Gasteiger partial charge in [-0.15, -0.1) is 0 Å². The number of carboxylic acid groups (broad SMARTS) is 1. The molecule has 1 aliphatic rings. The van der Waals surface area contributed by atoms with Crippen LogP contribution in [-0.2, 0) is 4.79 Å². The fourth-order valence-electron chi connectivity index (χ4n) is 0.885. The molecule has 0 heterocycles. The van der Waals surface area contributed by atoms with Gasteiger partial charge in [-0.3, -0.25) is 4.79 Å². The van der Waals surface area contributed by atoms with Gasteiger partial charge in [0.05, 0.1) is 0 Å². The van der Waals surface area contributed by atoms with E-state index in [1.54, 1.807) is 0 Å². The topological polar surface area (TPSA) is 37.3 Å². The molecule has 0 aromatic heterocycles. The second-order valence-corrected chi connectivity index (χ2v) is 4.03. The third-order valence-electron chi connectivity index (χ3n) is 1.46. The Morgan fingerprint density at radius 3 is 2.75 bits per heavy atom. The molecule has 2 nitrogen and oxygen atoms in total. The molecular formula is C7H5F2IO2. The Balaban J connectivity index is 2.96. The first-order valence-electron chi connectivity index (χ1n) is 3.10. The summed E-state index contributed by atoms with van der Waals surface area (Å²) in [6, 6.07) is 0. The van der Waals surface area contributed by atoms with Crippen LogP contribution in [0.2, 0.25) is 0 Å². The molecule has 0 fully saturated rings. The zero-order chi connectivity index (χ0) is 9.35. The summed E-state index contributed by atoms with van der Waals surface area (Å²) in [6.45, 7) is 0. The molecule has 1 aliphatic carbocycles. The van der Waals surface area contributed by atoms with E-state index in [1.165, 1.54) is 22.6 Å². The molecule has 1 rings (SSSR count). The Morgan fingerprint density at radius 1 is 1.75 bits per heavy atom. The van der Waals surface area contributed by atoms with Crippen LogP contribution in [0.15, 0.2) is 24.1 Å². The zero-order valence-corrected chi connectivity index (χ0v) is 7.96. The Morgan fingerprint density at radius 2 is 2.33 bits per heavy atom. The number of hydrogen-bond donors (Lipinski definition) is 1. The van der Waals surface area contributed by atoms with Crippen LogP contribution in [0.5, 0.6) is 0 Å². The monoisotopic (exact) mass is 286 g/mol. The molecule has 66 valence electrons. The van der Waals surface area contributed by atoms with Gasteiger partial charge in [-0.1, -0.05) is 6.08 Å². The fraction of sp³-hybridized carbons (Fsp3) is 0.286. The van der Waals surface area contributed by atoms with Crippen LogP contribution in [0.3, 0.4) is 0 Å². The van der Waals surface area contributed by atoms with Gasteiger partial charge >= 0.3 is 5.97 Å². The Hall–Kier alpha value is -0.460. The molecule has 0 spiro atoms. The minimum atomic E-state index is -2.16. The Bertz CT molecular complexity index is 271. The summed E-state index contributed by atoms with van der Waals surface area (Å²) in [5.74, 6) is -3.35. The first kappa shape index (κ1) is 9.63. The first-order valence-corrected chi connectivity index (χ1v) is 4.18. The van der Waals surface area contributed by atoms with Gasteiger partial charge in [0, 0.05) is 0 Å². The molecular weight excluding hydrogens is 281 g/mol. The third kappa shape index (κ3) is 1.82. The van der Waals surface area contributed by atoms with Crippen molar-refractivity contribution in [2.24, 2.45) is 5.92 Å². The summed E-state index contributed by atoms with van der Waals surface area (Å²) in [7, 11) is 0. The molecule has 0 bridgehead atoms. The quantitative estimate of drug-likeness (QED) is 0.592. The Labute approximate surface area is 81.1 Å². The van der Waals surface area contributed by atoms with Gasteiger partial charge in [-0.25, -0.2) is 8.78 Å². The predicted molar refractivity (Wildman–Crippen MR) is 47.3 cm³/mol. The SMILES string of the molecule is O=C(O)C1C=CC(F)=CC1(F)I. The summed E-state index contributed by atoms with van der Waals surface area (Å²) >= 11 is 1.27. The number of carboxylic acids is 1. The van der Waals surface area contributed by atoms with E-state index in [0.717, 1.165) is 12.2 Å². The molecule has 0 amide bonds. The normalized spacial score (nSPS) is 34.6. The van der Waals surface area contributed by atoms with Crippen molar-refractivity contribution in [3.8, 4) is 0 Å². The van der Waals surface area contributed by atoms with Crippen molar-refractivity contribution < 1.29 is 18.7 Å². The number of rotatable bonds is 1. The molecule has 2 atom stereocenters. The van der Waals surface area contributed by atoms with E-state index in [-0.39, 0.29) is 0 Å². The standard InChI is InChI=1S/C7H5F2IO2/c8-4-1-2-5(6(11)12)7(9,10)3-4/h1-3,5H,(H,11,12). The number of halogens is 3. The fourth-order valence-corrected chi connectivity index (χ4v) is 1.66. The van der Waals surface area contributed by atoms with Gasteiger partial charge in [0.2, 0.25) is 0 Å². The molecule has 2 unspecified atom stereocenters. The molecule has 0 radical (unpaired) electrons. The van der Waals surface area contributed by atoms with Crippen LogP contribution in [0.25, 0.3) is 0 Å². The molecule has 0 aromatic rings. The van der Waals surface area contributed by atoms with Crippen LogP contribution < -0.4 is 0 Å². The lowest BCUT2D eigenvalue weighted by Gasteiger charge is -2.22. The summed E-state index contributed by atoms with van der Waals surface area (Å²) in [4.78, 5) is 10.4. The van der Waals surface area contributed by atoms with E-state index in [2.05, 4.69) is 0 Å². The zero-order valence-electron chi connectivity index (χ0n) is 5.80. The van der Waals surface area contributed by atoms with Crippen molar-refractivity contribution in [2.45, 2.75) is 3.68 Å². The van der Waals surface area contributed by atoms with Gasteiger partial charge in [-0.05, 0) is 34.7 Å². The van der Waals surface area contributed by atoms with Gasteiger partial charge in [-0.2, -0.15) is 0 Å². The number of aliphatic carboxylic acids is 1. The van der Waals surface area contributed by atoms with Crippen molar-refractivity contribution in [1.29, 1.82) is 0 Å². The highest BCUT2D eigenvalue weighted by Gasteiger charge is 2.40. The maximum absolute atomic E-state index is 13.3. The van der Waals surface area contributed by atoms with Crippen LogP contribution in [0.1, 0.15) is 0 Å². The van der Waals surface area contributed by atoms with E-state index in [0.29, 0.717) is 6.08 Å².